The fourth-order valence-electron chi connectivity index (χ4n) is 3.40. The first-order chi connectivity index (χ1) is 15.2. The van der Waals surface area contributed by atoms with Crippen molar-refractivity contribution in [3.8, 4) is 5.75 Å². The molecule has 170 valence electrons. The number of carbonyl (C=O) groups excluding carboxylic acids is 1. The van der Waals surface area contributed by atoms with Gasteiger partial charge in [0.2, 0.25) is 5.91 Å². The molecule has 32 heavy (non-hydrogen) atoms. The van der Waals surface area contributed by atoms with Gasteiger partial charge in [-0.1, -0.05) is 17.7 Å². The normalized spacial score (nSPS) is 11.2. The molecule has 8 nitrogen and oxygen atoms in total. The van der Waals surface area contributed by atoms with Crippen LogP contribution in [0.15, 0.2) is 59.8 Å². The number of amides is 1. The fourth-order valence-corrected chi connectivity index (χ4v) is 5.07. The van der Waals surface area contributed by atoms with E-state index < -0.39 is 10.0 Å². The lowest BCUT2D eigenvalue weighted by atomic mass is 10.2. The molecule has 0 saturated carbocycles. The number of hydrogen-bond donors (Lipinski definition) is 1. The van der Waals surface area contributed by atoms with Gasteiger partial charge in [-0.3, -0.25) is 13.8 Å². The predicted molar refractivity (Wildman–Crippen MR) is 123 cm³/mol. The Morgan fingerprint density at radius 2 is 1.88 bits per heavy atom. The molecular formula is C23H28N4O4S. The van der Waals surface area contributed by atoms with Gasteiger partial charge in [0.05, 0.1) is 23.9 Å². The molecule has 0 aliphatic carbocycles. The highest BCUT2D eigenvalue weighted by Gasteiger charge is 2.27. The Balaban J connectivity index is 1.82. The van der Waals surface area contributed by atoms with Crippen LogP contribution in [0, 0.1) is 13.8 Å². The second-order valence-corrected chi connectivity index (χ2v) is 9.42. The standard InChI is InChI=1S/C23H28N4O4S/c1-17-5-10-22(18(2)13-17)32(29,30)27(20-6-8-21(31-4)9-7-20)12-11-23(28)24-14-19-15-25-26(3)16-19/h5-10,13,15-16H,11-12,14H2,1-4H3,(H,24,28). The minimum absolute atomic E-state index is 0.000845. The number of aromatic nitrogens is 2. The lowest BCUT2D eigenvalue weighted by Gasteiger charge is -2.25. The summed E-state index contributed by atoms with van der Waals surface area (Å²) in [4.78, 5) is 12.7. The minimum Gasteiger partial charge on any atom is -0.497 e. The Kier molecular flexibility index (Phi) is 7.19. The Hall–Kier alpha value is -3.33. The van der Waals surface area contributed by atoms with Crippen LogP contribution in [0.25, 0.3) is 0 Å². The molecule has 0 atom stereocenters. The average Bonchev–Trinajstić information content (AvgIpc) is 3.17. The number of ether oxygens (including phenoxy) is 1. The molecule has 3 aromatic rings. The van der Waals surface area contributed by atoms with E-state index >= 15 is 0 Å². The minimum atomic E-state index is -3.88. The van der Waals surface area contributed by atoms with Crippen molar-refractivity contribution >= 4 is 21.6 Å². The van der Waals surface area contributed by atoms with E-state index in [9.17, 15) is 13.2 Å². The van der Waals surface area contributed by atoms with Crippen LogP contribution in [-0.4, -0.2) is 37.8 Å². The van der Waals surface area contributed by atoms with Gasteiger partial charge in [-0.05, 0) is 49.7 Å². The van der Waals surface area contributed by atoms with Crippen molar-refractivity contribution in [3.63, 3.8) is 0 Å². The summed E-state index contributed by atoms with van der Waals surface area (Å²) in [6.07, 6.45) is 3.50. The number of benzene rings is 2. The predicted octanol–water partition coefficient (Wildman–Crippen LogP) is 2.95. The number of sulfonamides is 1. The Morgan fingerprint density at radius 1 is 1.16 bits per heavy atom. The van der Waals surface area contributed by atoms with E-state index in [-0.39, 0.29) is 23.8 Å². The van der Waals surface area contributed by atoms with Crippen molar-refractivity contribution in [2.75, 3.05) is 18.0 Å². The Labute approximate surface area is 188 Å². The summed E-state index contributed by atoms with van der Waals surface area (Å²) < 4.78 is 35.2. The van der Waals surface area contributed by atoms with E-state index in [1.165, 1.54) is 4.31 Å². The van der Waals surface area contributed by atoms with Crippen LogP contribution in [0.1, 0.15) is 23.1 Å². The van der Waals surface area contributed by atoms with E-state index in [1.807, 2.05) is 19.2 Å². The average molecular weight is 457 g/mol. The first kappa shape index (κ1) is 23.3. The molecule has 0 saturated heterocycles. The van der Waals surface area contributed by atoms with Crippen molar-refractivity contribution < 1.29 is 17.9 Å². The number of nitrogens with one attached hydrogen (secondary N) is 1. The maximum atomic E-state index is 13.6. The molecule has 1 N–H and O–H groups in total. The third-order valence-corrected chi connectivity index (χ3v) is 7.04. The zero-order chi connectivity index (χ0) is 23.3. The summed E-state index contributed by atoms with van der Waals surface area (Å²) in [6, 6.07) is 12.0. The number of nitrogens with zero attached hydrogens (tertiary/aromatic N) is 3. The summed E-state index contributed by atoms with van der Waals surface area (Å²) in [5.41, 5.74) is 2.97. The summed E-state index contributed by atoms with van der Waals surface area (Å²) in [5.74, 6) is 0.370. The van der Waals surface area contributed by atoms with E-state index in [2.05, 4.69) is 10.4 Å². The van der Waals surface area contributed by atoms with Gasteiger partial charge in [-0.15, -0.1) is 0 Å². The highest BCUT2D eigenvalue weighted by molar-refractivity contribution is 7.92. The summed E-state index contributed by atoms with van der Waals surface area (Å²) >= 11 is 0. The molecular weight excluding hydrogens is 428 g/mol. The second kappa shape index (κ2) is 9.86. The molecule has 1 aromatic heterocycles. The lowest BCUT2D eigenvalue weighted by Crippen LogP contribution is -2.35. The van der Waals surface area contributed by atoms with Gasteiger partial charge in [-0.25, -0.2) is 8.42 Å². The third-order valence-electron chi connectivity index (χ3n) is 5.05. The van der Waals surface area contributed by atoms with Crippen molar-refractivity contribution in [2.24, 2.45) is 7.05 Å². The topological polar surface area (TPSA) is 93.5 Å². The summed E-state index contributed by atoms with van der Waals surface area (Å²) in [5, 5.41) is 6.88. The van der Waals surface area contributed by atoms with Gasteiger partial charge < -0.3 is 10.1 Å². The first-order valence-corrected chi connectivity index (χ1v) is 11.6. The highest BCUT2D eigenvalue weighted by Crippen LogP contribution is 2.28. The molecule has 0 aliphatic heterocycles. The third kappa shape index (κ3) is 5.47. The number of anilines is 1. The van der Waals surface area contributed by atoms with Gasteiger partial charge >= 0.3 is 0 Å². The van der Waals surface area contributed by atoms with Crippen molar-refractivity contribution in [1.82, 2.24) is 15.1 Å². The first-order valence-electron chi connectivity index (χ1n) is 10.2. The van der Waals surface area contributed by atoms with Crippen LogP contribution in [0.3, 0.4) is 0 Å². The van der Waals surface area contributed by atoms with Crippen LogP contribution >= 0.6 is 0 Å². The second-order valence-electron chi connectivity index (χ2n) is 7.59. The van der Waals surface area contributed by atoms with Gasteiger partial charge in [0, 0.05) is 38.3 Å². The Bertz CT molecular complexity index is 1190. The van der Waals surface area contributed by atoms with Crippen molar-refractivity contribution in [3.05, 3.63) is 71.5 Å². The number of methoxy groups -OCH3 is 1. The zero-order valence-electron chi connectivity index (χ0n) is 18.7. The molecule has 0 aliphatic rings. The van der Waals surface area contributed by atoms with Gasteiger partial charge in [0.15, 0.2) is 0 Å². The SMILES string of the molecule is COc1ccc(N(CCC(=O)NCc2cnn(C)c2)S(=O)(=O)c2ccc(C)cc2C)cc1. The van der Waals surface area contributed by atoms with Crippen molar-refractivity contribution in [2.45, 2.75) is 31.7 Å². The molecule has 0 radical (unpaired) electrons. The van der Waals surface area contributed by atoms with Crippen LogP contribution in [-0.2, 0) is 28.4 Å². The van der Waals surface area contributed by atoms with Gasteiger partial charge in [0.25, 0.3) is 10.0 Å². The molecule has 0 unspecified atom stereocenters. The van der Waals surface area contributed by atoms with E-state index in [1.54, 1.807) is 68.4 Å². The molecule has 0 fully saturated rings. The van der Waals surface area contributed by atoms with Gasteiger partial charge in [0.1, 0.15) is 5.75 Å². The largest absolute Gasteiger partial charge is 0.497 e. The maximum absolute atomic E-state index is 13.6. The number of hydrogen-bond acceptors (Lipinski definition) is 5. The number of carbonyl (C=O) groups is 1. The van der Waals surface area contributed by atoms with Crippen LogP contribution < -0.4 is 14.4 Å². The molecule has 2 aromatic carbocycles. The monoisotopic (exact) mass is 456 g/mol. The summed E-state index contributed by atoms with van der Waals surface area (Å²) in [7, 11) is -0.532. The van der Waals surface area contributed by atoms with E-state index in [0.717, 1.165) is 11.1 Å². The van der Waals surface area contributed by atoms with Crippen LogP contribution in [0.5, 0.6) is 5.75 Å². The number of aryl methyl sites for hydroxylation is 3. The smallest absolute Gasteiger partial charge is 0.264 e. The molecule has 1 amide bonds. The van der Waals surface area contributed by atoms with Crippen molar-refractivity contribution in [1.29, 1.82) is 0 Å². The lowest BCUT2D eigenvalue weighted by molar-refractivity contribution is -0.121. The molecule has 9 heteroatoms. The molecule has 1 heterocycles. The van der Waals surface area contributed by atoms with Crippen LogP contribution in [0.2, 0.25) is 0 Å². The van der Waals surface area contributed by atoms with Gasteiger partial charge in [-0.2, -0.15) is 5.10 Å². The number of rotatable bonds is 9. The fraction of sp³-hybridized carbons (Fsp3) is 0.304. The molecule has 0 bridgehead atoms. The molecule has 0 spiro atoms. The zero-order valence-corrected chi connectivity index (χ0v) is 19.5. The summed E-state index contributed by atoms with van der Waals surface area (Å²) in [6.45, 7) is 4.02. The maximum Gasteiger partial charge on any atom is 0.264 e. The molecule has 3 rings (SSSR count). The Morgan fingerprint density at radius 3 is 2.47 bits per heavy atom. The van der Waals surface area contributed by atoms with E-state index in [4.69, 9.17) is 4.74 Å². The van der Waals surface area contributed by atoms with E-state index in [0.29, 0.717) is 23.5 Å². The van der Waals surface area contributed by atoms with Crippen LogP contribution in [0.4, 0.5) is 5.69 Å². The quantitative estimate of drug-likeness (QED) is 0.534. The highest BCUT2D eigenvalue weighted by atomic mass is 32.2.